The van der Waals surface area contributed by atoms with E-state index in [1.54, 1.807) is 30.9 Å². The Morgan fingerprint density at radius 1 is 1.14 bits per heavy atom. The number of amides is 2. The van der Waals surface area contributed by atoms with Gasteiger partial charge in [0, 0.05) is 19.2 Å². The van der Waals surface area contributed by atoms with Crippen LogP contribution in [0, 0.1) is 6.92 Å². The Balaban J connectivity index is 1.56. The van der Waals surface area contributed by atoms with E-state index in [1.807, 2.05) is 12.1 Å². The van der Waals surface area contributed by atoms with E-state index in [9.17, 15) is 14.4 Å². The lowest BCUT2D eigenvalue weighted by molar-refractivity contribution is -0.145. The van der Waals surface area contributed by atoms with Gasteiger partial charge in [0.1, 0.15) is 12.3 Å². The van der Waals surface area contributed by atoms with E-state index in [4.69, 9.17) is 25.5 Å². The number of carbonyl (C=O) groups excluding carboxylic acids is 3. The van der Waals surface area contributed by atoms with Crippen molar-refractivity contribution in [2.24, 2.45) is 0 Å². The van der Waals surface area contributed by atoms with Crippen LogP contribution in [0.25, 0.3) is 0 Å². The third kappa shape index (κ3) is 5.60. The molecule has 0 unspecified atom stereocenters. The molecule has 0 aliphatic carbocycles. The summed E-state index contributed by atoms with van der Waals surface area (Å²) in [7, 11) is 0. The SMILES string of the molecule is CCOC(=O)COc1ccc(C(=O)N2CC(=O)N(Cc3nnc(C)o3)Cc3ccccc32)c(Cl)c1. The summed E-state index contributed by atoms with van der Waals surface area (Å²) in [4.78, 5) is 41.1. The van der Waals surface area contributed by atoms with Crippen molar-refractivity contribution in [3.8, 4) is 5.75 Å². The Morgan fingerprint density at radius 2 is 1.94 bits per heavy atom. The van der Waals surface area contributed by atoms with Crippen molar-refractivity contribution in [2.75, 3.05) is 24.7 Å². The monoisotopic (exact) mass is 498 g/mol. The summed E-state index contributed by atoms with van der Waals surface area (Å²) in [6.45, 7) is 3.55. The van der Waals surface area contributed by atoms with Crippen LogP contribution >= 0.6 is 11.6 Å². The number of aryl methyl sites for hydroxylation is 1. The molecule has 2 heterocycles. The maximum atomic E-state index is 13.5. The zero-order chi connectivity index (χ0) is 24.9. The zero-order valence-corrected chi connectivity index (χ0v) is 19.9. The van der Waals surface area contributed by atoms with Gasteiger partial charge >= 0.3 is 5.97 Å². The Labute approximate surface area is 206 Å². The highest BCUT2D eigenvalue weighted by Gasteiger charge is 2.31. The van der Waals surface area contributed by atoms with Crippen LogP contribution in [0.1, 0.15) is 34.6 Å². The van der Waals surface area contributed by atoms with E-state index in [0.717, 1.165) is 5.56 Å². The number of halogens is 1. The molecule has 10 nitrogen and oxygen atoms in total. The minimum Gasteiger partial charge on any atom is -0.482 e. The third-order valence-corrected chi connectivity index (χ3v) is 5.57. The number of rotatable bonds is 7. The Hall–Kier alpha value is -3.92. The van der Waals surface area contributed by atoms with Crippen molar-refractivity contribution in [1.29, 1.82) is 0 Å². The predicted octanol–water partition coefficient (Wildman–Crippen LogP) is 3.16. The molecule has 0 radical (unpaired) electrons. The van der Waals surface area contributed by atoms with Gasteiger partial charge in [-0.2, -0.15) is 0 Å². The highest BCUT2D eigenvalue weighted by atomic mass is 35.5. The molecule has 2 amide bonds. The molecular weight excluding hydrogens is 476 g/mol. The highest BCUT2D eigenvalue weighted by molar-refractivity contribution is 6.34. The molecule has 2 aromatic carbocycles. The quantitative estimate of drug-likeness (QED) is 0.456. The molecule has 35 heavy (non-hydrogen) atoms. The van der Waals surface area contributed by atoms with Gasteiger partial charge in [-0.3, -0.25) is 14.5 Å². The fourth-order valence-corrected chi connectivity index (χ4v) is 3.91. The molecule has 182 valence electrons. The van der Waals surface area contributed by atoms with Crippen LogP contribution in [-0.4, -0.2) is 52.6 Å². The molecule has 1 aliphatic rings. The molecule has 4 rings (SSSR count). The second kappa shape index (κ2) is 10.6. The number of aromatic nitrogens is 2. The Bertz CT molecular complexity index is 1260. The van der Waals surface area contributed by atoms with E-state index >= 15 is 0 Å². The molecule has 0 saturated heterocycles. The van der Waals surface area contributed by atoms with Crippen molar-refractivity contribution in [1.82, 2.24) is 15.1 Å². The van der Waals surface area contributed by atoms with Crippen molar-refractivity contribution >= 4 is 35.1 Å². The third-order valence-electron chi connectivity index (χ3n) is 5.26. The van der Waals surface area contributed by atoms with Gasteiger partial charge in [0.25, 0.3) is 5.91 Å². The summed E-state index contributed by atoms with van der Waals surface area (Å²) < 4.78 is 15.6. The standard InChI is InChI=1S/C24H23ClN4O6/c1-3-33-23(31)14-34-17-8-9-18(19(25)10-17)24(32)29-13-22(30)28(12-21-27-26-15(2)35-21)11-16-6-4-5-7-20(16)29/h4-10H,3,11-14H2,1-2H3. The minimum absolute atomic E-state index is 0.128. The number of ether oxygens (including phenoxy) is 2. The smallest absolute Gasteiger partial charge is 0.344 e. The van der Waals surface area contributed by atoms with Crippen LogP contribution in [-0.2, 0) is 27.4 Å². The Morgan fingerprint density at radius 3 is 2.66 bits per heavy atom. The molecule has 0 fully saturated rings. The average molecular weight is 499 g/mol. The lowest BCUT2D eigenvalue weighted by atomic mass is 10.1. The number of anilines is 1. The van der Waals surface area contributed by atoms with Crippen LogP contribution in [0.15, 0.2) is 46.9 Å². The van der Waals surface area contributed by atoms with Gasteiger partial charge in [0.05, 0.1) is 23.7 Å². The number of fused-ring (bicyclic) bond motifs is 1. The largest absolute Gasteiger partial charge is 0.482 e. The lowest BCUT2D eigenvalue weighted by Crippen LogP contribution is -2.40. The van der Waals surface area contributed by atoms with Gasteiger partial charge in [-0.1, -0.05) is 29.8 Å². The minimum atomic E-state index is -0.510. The Kier molecular flexibility index (Phi) is 7.31. The number of hydrogen-bond acceptors (Lipinski definition) is 8. The van der Waals surface area contributed by atoms with Crippen LogP contribution < -0.4 is 9.64 Å². The highest BCUT2D eigenvalue weighted by Crippen LogP contribution is 2.30. The van der Waals surface area contributed by atoms with E-state index in [2.05, 4.69) is 10.2 Å². The summed E-state index contributed by atoms with van der Waals surface area (Å²) in [5.74, 6) is -0.200. The summed E-state index contributed by atoms with van der Waals surface area (Å²) >= 11 is 6.40. The molecule has 3 aromatic rings. The first-order chi connectivity index (χ1) is 16.9. The van der Waals surface area contributed by atoms with Crippen LogP contribution in [0.4, 0.5) is 5.69 Å². The number of esters is 1. The van der Waals surface area contributed by atoms with Gasteiger partial charge in [-0.05, 0) is 36.8 Å². The van der Waals surface area contributed by atoms with Crippen molar-refractivity contribution < 1.29 is 28.3 Å². The first-order valence-electron chi connectivity index (χ1n) is 10.9. The van der Waals surface area contributed by atoms with Crippen LogP contribution in [0.3, 0.4) is 0 Å². The van der Waals surface area contributed by atoms with Crippen LogP contribution in [0.2, 0.25) is 5.02 Å². The number of hydrogen-bond donors (Lipinski definition) is 0. The molecule has 0 atom stereocenters. The van der Waals surface area contributed by atoms with Gasteiger partial charge in [-0.25, -0.2) is 4.79 Å². The molecule has 11 heteroatoms. The molecule has 0 saturated carbocycles. The molecule has 1 aromatic heterocycles. The first kappa shape index (κ1) is 24.2. The average Bonchev–Trinajstić information content (AvgIpc) is 3.19. The fourth-order valence-electron chi connectivity index (χ4n) is 3.66. The predicted molar refractivity (Wildman–Crippen MR) is 125 cm³/mol. The van der Waals surface area contributed by atoms with E-state index in [-0.39, 0.29) is 49.3 Å². The second-order valence-electron chi connectivity index (χ2n) is 7.72. The molecule has 1 aliphatic heterocycles. The van der Waals surface area contributed by atoms with E-state index < -0.39 is 11.9 Å². The van der Waals surface area contributed by atoms with Gasteiger partial charge in [0.2, 0.25) is 17.7 Å². The normalized spacial score (nSPS) is 13.3. The van der Waals surface area contributed by atoms with Crippen molar-refractivity contribution in [3.05, 3.63) is 70.4 Å². The number of carbonyl (C=O) groups is 3. The topological polar surface area (TPSA) is 115 Å². The number of para-hydroxylation sites is 1. The number of benzene rings is 2. The van der Waals surface area contributed by atoms with Crippen molar-refractivity contribution in [3.63, 3.8) is 0 Å². The molecule has 0 spiro atoms. The molecule has 0 N–H and O–H groups in total. The summed E-state index contributed by atoms with van der Waals surface area (Å²) in [6.07, 6.45) is 0. The van der Waals surface area contributed by atoms with Gasteiger partial charge < -0.3 is 18.8 Å². The van der Waals surface area contributed by atoms with E-state index in [0.29, 0.717) is 23.2 Å². The molecular formula is C24H23ClN4O6. The summed E-state index contributed by atoms with van der Waals surface area (Å²) in [5.41, 5.74) is 1.58. The second-order valence-corrected chi connectivity index (χ2v) is 8.13. The summed E-state index contributed by atoms with van der Waals surface area (Å²) in [5, 5.41) is 7.90. The maximum Gasteiger partial charge on any atom is 0.344 e. The molecule has 0 bridgehead atoms. The summed E-state index contributed by atoms with van der Waals surface area (Å²) in [6, 6.07) is 11.8. The van der Waals surface area contributed by atoms with Gasteiger partial charge in [0.15, 0.2) is 6.61 Å². The zero-order valence-electron chi connectivity index (χ0n) is 19.2. The number of nitrogens with zero attached hydrogens (tertiary/aromatic N) is 4. The van der Waals surface area contributed by atoms with E-state index in [1.165, 1.54) is 23.1 Å². The van der Waals surface area contributed by atoms with Crippen molar-refractivity contribution in [2.45, 2.75) is 26.9 Å². The van der Waals surface area contributed by atoms with Gasteiger partial charge in [-0.15, -0.1) is 10.2 Å². The first-order valence-corrected chi connectivity index (χ1v) is 11.3. The van der Waals surface area contributed by atoms with Crippen LogP contribution in [0.5, 0.6) is 5.75 Å². The lowest BCUT2D eigenvalue weighted by Gasteiger charge is -2.23. The maximum absolute atomic E-state index is 13.5. The fraction of sp³-hybridized carbons (Fsp3) is 0.292.